The first kappa shape index (κ1) is 8.51. The normalized spacial score (nSPS) is 16.0. The van der Waals surface area contributed by atoms with E-state index in [0.29, 0.717) is 6.61 Å². The zero-order valence-corrected chi connectivity index (χ0v) is 7.36. The third-order valence-electron chi connectivity index (χ3n) is 2.10. The zero-order valence-electron chi connectivity index (χ0n) is 7.36. The molecule has 1 aromatic heterocycles. The Bertz CT molecular complexity index is 272. The van der Waals surface area contributed by atoms with E-state index in [4.69, 9.17) is 9.15 Å². The Morgan fingerprint density at radius 1 is 1.62 bits per heavy atom. The summed E-state index contributed by atoms with van der Waals surface area (Å²) in [5.74, 6) is 1.28. The van der Waals surface area contributed by atoms with Crippen molar-refractivity contribution in [2.45, 2.75) is 19.4 Å². The van der Waals surface area contributed by atoms with Gasteiger partial charge in [0, 0.05) is 5.92 Å². The Kier molecular flexibility index (Phi) is 2.45. The van der Waals surface area contributed by atoms with Crippen molar-refractivity contribution in [2.75, 3.05) is 6.61 Å². The van der Waals surface area contributed by atoms with Crippen molar-refractivity contribution < 1.29 is 13.9 Å². The first-order valence-corrected chi connectivity index (χ1v) is 4.49. The summed E-state index contributed by atoms with van der Waals surface area (Å²) < 4.78 is 10.3. The van der Waals surface area contributed by atoms with E-state index in [0.717, 1.165) is 18.6 Å². The molecule has 0 bridgehead atoms. The van der Waals surface area contributed by atoms with Crippen molar-refractivity contribution >= 4 is 5.78 Å². The lowest BCUT2D eigenvalue weighted by Gasteiger charge is -1.99. The maximum atomic E-state index is 11.2. The van der Waals surface area contributed by atoms with Gasteiger partial charge in [0.2, 0.25) is 0 Å². The molecule has 0 saturated heterocycles. The quantitative estimate of drug-likeness (QED) is 0.693. The predicted octanol–water partition coefficient (Wildman–Crippen LogP) is 1.78. The van der Waals surface area contributed by atoms with Gasteiger partial charge < -0.3 is 9.15 Å². The summed E-state index contributed by atoms with van der Waals surface area (Å²) in [7, 11) is 0. The van der Waals surface area contributed by atoms with Gasteiger partial charge in [-0.3, -0.25) is 4.79 Å². The minimum atomic E-state index is 0.228. The van der Waals surface area contributed by atoms with Gasteiger partial charge in [0.05, 0.1) is 6.26 Å². The maximum absolute atomic E-state index is 11.2. The monoisotopic (exact) mass is 180 g/mol. The highest BCUT2D eigenvalue weighted by Gasteiger charge is 2.29. The van der Waals surface area contributed by atoms with Crippen LogP contribution in [0.3, 0.4) is 0 Å². The van der Waals surface area contributed by atoms with E-state index < -0.39 is 0 Å². The number of Topliss-reactive ketones (excluding diaryl/α,β-unsaturated/α-hetero) is 1. The summed E-state index contributed by atoms with van der Waals surface area (Å²) in [4.78, 5) is 11.2. The molecule has 1 fully saturated rings. The summed E-state index contributed by atoms with van der Waals surface area (Å²) in [6.07, 6.45) is 3.69. The molecular weight excluding hydrogens is 168 g/mol. The first-order valence-electron chi connectivity index (χ1n) is 4.49. The topological polar surface area (TPSA) is 39.4 Å². The van der Waals surface area contributed by atoms with Gasteiger partial charge >= 0.3 is 0 Å². The average Bonchev–Trinajstić information content (AvgIpc) is 2.86. The van der Waals surface area contributed by atoms with Crippen molar-refractivity contribution in [1.82, 2.24) is 0 Å². The van der Waals surface area contributed by atoms with Gasteiger partial charge in [0.15, 0.2) is 5.78 Å². The summed E-state index contributed by atoms with van der Waals surface area (Å²) in [6.45, 7) is 0.622. The van der Waals surface area contributed by atoms with Crippen LogP contribution in [0.5, 0.6) is 0 Å². The predicted molar refractivity (Wildman–Crippen MR) is 46.1 cm³/mol. The maximum Gasteiger partial charge on any atom is 0.161 e. The molecule has 3 heteroatoms. The smallest absolute Gasteiger partial charge is 0.161 e. The molecule has 1 saturated carbocycles. The van der Waals surface area contributed by atoms with E-state index in [2.05, 4.69) is 0 Å². The summed E-state index contributed by atoms with van der Waals surface area (Å²) in [5, 5.41) is 0. The minimum absolute atomic E-state index is 0.228. The molecule has 0 aromatic carbocycles. The molecule has 0 aliphatic heterocycles. The van der Waals surface area contributed by atoms with Gasteiger partial charge in [0.25, 0.3) is 0 Å². The van der Waals surface area contributed by atoms with Crippen LogP contribution >= 0.6 is 0 Å². The molecule has 0 N–H and O–H groups in total. The van der Waals surface area contributed by atoms with Crippen molar-refractivity contribution in [2.24, 2.45) is 5.92 Å². The average molecular weight is 180 g/mol. The number of carbonyl (C=O) groups excluding carboxylic acids is 1. The minimum Gasteiger partial charge on any atom is -0.467 e. The molecule has 1 aliphatic rings. The van der Waals surface area contributed by atoms with E-state index >= 15 is 0 Å². The Morgan fingerprint density at radius 3 is 3.08 bits per heavy atom. The molecule has 70 valence electrons. The molecule has 1 heterocycles. The van der Waals surface area contributed by atoms with E-state index in [1.807, 2.05) is 6.07 Å². The van der Waals surface area contributed by atoms with Crippen molar-refractivity contribution in [3.05, 3.63) is 24.2 Å². The van der Waals surface area contributed by atoms with Gasteiger partial charge in [-0.05, 0) is 25.0 Å². The number of ketones is 1. The lowest BCUT2D eigenvalue weighted by Crippen LogP contribution is -2.09. The molecule has 0 unspecified atom stereocenters. The van der Waals surface area contributed by atoms with Gasteiger partial charge in [-0.15, -0.1) is 0 Å². The largest absolute Gasteiger partial charge is 0.467 e. The van der Waals surface area contributed by atoms with Crippen LogP contribution < -0.4 is 0 Å². The highest BCUT2D eigenvalue weighted by Crippen LogP contribution is 2.29. The molecule has 1 aliphatic carbocycles. The molecule has 3 nitrogen and oxygen atoms in total. The van der Waals surface area contributed by atoms with E-state index in [1.54, 1.807) is 12.3 Å². The standard InChI is InChI=1S/C10H12O3/c11-10(8-3-4-8)7-12-6-9-2-1-5-13-9/h1-2,5,8H,3-4,6-7H2. The highest BCUT2D eigenvalue weighted by molar-refractivity contribution is 5.84. The van der Waals surface area contributed by atoms with Gasteiger partial charge in [-0.1, -0.05) is 0 Å². The second-order valence-corrected chi connectivity index (χ2v) is 3.31. The van der Waals surface area contributed by atoms with Crippen LogP contribution in [0.4, 0.5) is 0 Å². The second-order valence-electron chi connectivity index (χ2n) is 3.31. The number of furan rings is 1. The van der Waals surface area contributed by atoms with Gasteiger partial charge in [-0.25, -0.2) is 0 Å². The highest BCUT2D eigenvalue weighted by atomic mass is 16.5. The van der Waals surface area contributed by atoms with Crippen LogP contribution in [0, 0.1) is 5.92 Å². The van der Waals surface area contributed by atoms with Gasteiger partial charge in [-0.2, -0.15) is 0 Å². The number of hydrogen-bond acceptors (Lipinski definition) is 3. The molecular formula is C10H12O3. The number of carbonyl (C=O) groups is 1. The van der Waals surface area contributed by atoms with E-state index in [-0.39, 0.29) is 18.3 Å². The van der Waals surface area contributed by atoms with Crippen LogP contribution in [0.15, 0.2) is 22.8 Å². The summed E-state index contributed by atoms with van der Waals surface area (Å²) in [5.41, 5.74) is 0. The molecule has 1 aromatic rings. The van der Waals surface area contributed by atoms with Crippen LogP contribution in [0.1, 0.15) is 18.6 Å². The number of ether oxygens (including phenoxy) is 1. The SMILES string of the molecule is O=C(COCc1ccco1)C1CC1. The van der Waals surface area contributed by atoms with E-state index in [1.165, 1.54) is 0 Å². The fraction of sp³-hybridized carbons (Fsp3) is 0.500. The Balaban J connectivity index is 1.66. The Hall–Kier alpha value is -1.09. The molecule has 0 amide bonds. The lowest BCUT2D eigenvalue weighted by atomic mass is 10.3. The third kappa shape index (κ3) is 2.42. The summed E-state index contributed by atoms with van der Waals surface area (Å²) in [6, 6.07) is 3.64. The van der Waals surface area contributed by atoms with Crippen LogP contribution in [-0.2, 0) is 16.1 Å². The molecule has 0 spiro atoms. The number of rotatable bonds is 5. The lowest BCUT2D eigenvalue weighted by molar-refractivity contribution is -0.125. The summed E-state index contributed by atoms with van der Waals surface area (Å²) >= 11 is 0. The first-order chi connectivity index (χ1) is 6.36. The second kappa shape index (κ2) is 3.75. The van der Waals surface area contributed by atoms with Crippen LogP contribution in [0.2, 0.25) is 0 Å². The number of hydrogen-bond donors (Lipinski definition) is 0. The van der Waals surface area contributed by atoms with Crippen LogP contribution in [-0.4, -0.2) is 12.4 Å². The molecule has 2 rings (SSSR count). The zero-order chi connectivity index (χ0) is 9.10. The Labute approximate surface area is 76.7 Å². The third-order valence-corrected chi connectivity index (χ3v) is 2.10. The Morgan fingerprint density at radius 2 is 2.46 bits per heavy atom. The fourth-order valence-electron chi connectivity index (χ4n) is 1.17. The molecule has 0 radical (unpaired) electrons. The van der Waals surface area contributed by atoms with E-state index in [9.17, 15) is 4.79 Å². The van der Waals surface area contributed by atoms with Gasteiger partial charge in [0.1, 0.15) is 19.0 Å². The van der Waals surface area contributed by atoms with Crippen LogP contribution in [0.25, 0.3) is 0 Å². The van der Waals surface area contributed by atoms with Crippen molar-refractivity contribution in [1.29, 1.82) is 0 Å². The molecule has 13 heavy (non-hydrogen) atoms. The van der Waals surface area contributed by atoms with Crippen molar-refractivity contribution in [3.8, 4) is 0 Å². The fourth-order valence-corrected chi connectivity index (χ4v) is 1.17. The van der Waals surface area contributed by atoms with Crippen molar-refractivity contribution in [3.63, 3.8) is 0 Å². The molecule has 0 atom stereocenters.